The summed E-state index contributed by atoms with van der Waals surface area (Å²) in [6.07, 6.45) is -0.0477. The number of rotatable bonds is 3. The van der Waals surface area contributed by atoms with Gasteiger partial charge >= 0.3 is 0 Å². The largest absolute Gasteiger partial charge is 0.391 e. The summed E-state index contributed by atoms with van der Waals surface area (Å²) in [5, 5.41) is 9.49. The number of hydrogen-bond donors (Lipinski definition) is 2. The van der Waals surface area contributed by atoms with Crippen molar-refractivity contribution < 1.29 is 9.50 Å². The molecule has 3 N–H and O–H groups in total. The van der Waals surface area contributed by atoms with E-state index in [1.54, 1.807) is 19.1 Å². The molecule has 0 heterocycles. The van der Waals surface area contributed by atoms with Crippen LogP contribution >= 0.6 is 0 Å². The Labute approximate surface area is 83.6 Å². The van der Waals surface area contributed by atoms with Crippen molar-refractivity contribution in [3.05, 3.63) is 35.1 Å². The van der Waals surface area contributed by atoms with Crippen LogP contribution in [-0.4, -0.2) is 11.2 Å². The van der Waals surface area contributed by atoms with Crippen molar-refractivity contribution in [2.75, 3.05) is 0 Å². The predicted molar refractivity (Wildman–Crippen MR) is 54.4 cm³/mol. The molecule has 2 nitrogen and oxygen atoms in total. The Kier molecular flexibility index (Phi) is 3.61. The number of nitrogens with two attached hydrogens (primary N) is 1. The maximum absolute atomic E-state index is 13.2. The molecule has 1 aromatic carbocycles. The van der Waals surface area contributed by atoms with Gasteiger partial charge in [0.1, 0.15) is 5.82 Å². The van der Waals surface area contributed by atoms with Gasteiger partial charge in [0.15, 0.2) is 0 Å². The van der Waals surface area contributed by atoms with E-state index in [0.29, 0.717) is 17.5 Å². The number of aliphatic hydroxyl groups excluding tert-OH is 1. The van der Waals surface area contributed by atoms with Crippen LogP contribution in [0.2, 0.25) is 0 Å². The van der Waals surface area contributed by atoms with Crippen LogP contribution in [0.3, 0.4) is 0 Å². The zero-order valence-corrected chi connectivity index (χ0v) is 8.50. The van der Waals surface area contributed by atoms with Crippen molar-refractivity contribution in [3.63, 3.8) is 0 Å². The Hall–Kier alpha value is -0.930. The fourth-order valence-electron chi connectivity index (χ4n) is 1.29. The third kappa shape index (κ3) is 2.30. The van der Waals surface area contributed by atoms with Crippen LogP contribution in [0.25, 0.3) is 0 Å². The lowest BCUT2D eigenvalue weighted by atomic mass is 9.99. The minimum absolute atomic E-state index is 0.277. The fourth-order valence-corrected chi connectivity index (χ4v) is 1.29. The van der Waals surface area contributed by atoms with E-state index >= 15 is 0 Å². The lowest BCUT2D eigenvalue weighted by Gasteiger charge is -2.17. The SMILES string of the molecule is CC[C@@H](O)[C@@H](N)c1ccc(C)c(F)c1. The van der Waals surface area contributed by atoms with Crippen molar-refractivity contribution in [3.8, 4) is 0 Å². The number of benzene rings is 1. The first-order valence-corrected chi connectivity index (χ1v) is 4.76. The molecule has 1 rings (SSSR count). The number of aryl methyl sites for hydroxylation is 1. The van der Waals surface area contributed by atoms with Crippen molar-refractivity contribution >= 4 is 0 Å². The summed E-state index contributed by atoms with van der Waals surface area (Å²) >= 11 is 0. The van der Waals surface area contributed by atoms with E-state index in [1.165, 1.54) is 6.07 Å². The Balaban J connectivity index is 2.91. The summed E-state index contributed by atoms with van der Waals surface area (Å²) in [6, 6.07) is 4.31. The Morgan fingerprint density at radius 2 is 2.14 bits per heavy atom. The molecule has 1 aromatic rings. The molecular weight excluding hydrogens is 181 g/mol. The monoisotopic (exact) mass is 197 g/mol. The normalized spacial score (nSPS) is 15.2. The van der Waals surface area contributed by atoms with Crippen LogP contribution in [-0.2, 0) is 0 Å². The highest BCUT2D eigenvalue weighted by atomic mass is 19.1. The van der Waals surface area contributed by atoms with E-state index in [1.807, 2.05) is 6.92 Å². The van der Waals surface area contributed by atoms with E-state index in [2.05, 4.69) is 0 Å². The van der Waals surface area contributed by atoms with Crippen LogP contribution in [0.1, 0.15) is 30.5 Å². The molecule has 0 amide bonds. The first-order chi connectivity index (χ1) is 6.56. The van der Waals surface area contributed by atoms with Crippen LogP contribution < -0.4 is 5.73 Å². The molecule has 0 aromatic heterocycles. The molecule has 0 aliphatic rings. The predicted octanol–water partition coefficient (Wildman–Crippen LogP) is 1.90. The Morgan fingerprint density at radius 1 is 1.50 bits per heavy atom. The second-order valence-electron chi connectivity index (χ2n) is 3.51. The van der Waals surface area contributed by atoms with E-state index < -0.39 is 12.1 Å². The van der Waals surface area contributed by atoms with Gasteiger partial charge in [-0.2, -0.15) is 0 Å². The molecule has 0 aliphatic heterocycles. The number of aliphatic hydroxyl groups is 1. The van der Waals surface area contributed by atoms with Crippen LogP contribution in [0.5, 0.6) is 0 Å². The molecule has 0 spiro atoms. The van der Waals surface area contributed by atoms with E-state index in [-0.39, 0.29) is 5.82 Å². The van der Waals surface area contributed by atoms with Gasteiger partial charge in [-0.15, -0.1) is 0 Å². The van der Waals surface area contributed by atoms with Crippen molar-refractivity contribution in [2.45, 2.75) is 32.4 Å². The van der Waals surface area contributed by atoms with Crippen LogP contribution in [0, 0.1) is 12.7 Å². The van der Waals surface area contributed by atoms with Gasteiger partial charge in [0.25, 0.3) is 0 Å². The smallest absolute Gasteiger partial charge is 0.126 e. The first kappa shape index (κ1) is 11.1. The van der Waals surface area contributed by atoms with Crippen molar-refractivity contribution in [1.82, 2.24) is 0 Å². The third-order valence-corrected chi connectivity index (χ3v) is 2.41. The summed E-state index contributed by atoms with van der Waals surface area (Å²) in [4.78, 5) is 0. The van der Waals surface area contributed by atoms with Gasteiger partial charge in [-0.25, -0.2) is 4.39 Å². The van der Waals surface area contributed by atoms with Gasteiger partial charge in [-0.05, 0) is 30.5 Å². The Morgan fingerprint density at radius 3 is 2.64 bits per heavy atom. The number of halogens is 1. The maximum Gasteiger partial charge on any atom is 0.126 e. The molecule has 0 radical (unpaired) electrons. The molecule has 0 unspecified atom stereocenters. The fraction of sp³-hybridized carbons (Fsp3) is 0.455. The minimum Gasteiger partial charge on any atom is -0.391 e. The topological polar surface area (TPSA) is 46.2 Å². The summed E-state index contributed by atoms with van der Waals surface area (Å²) in [5.41, 5.74) is 6.98. The van der Waals surface area contributed by atoms with Crippen LogP contribution in [0.4, 0.5) is 4.39 Å². The third-order valence-electron chi connectivity index (χ3n) is 2.41. The highest BCUT2D eigenvalue weighted by Crippen LogP contribution is 2.18. The summed E-state index contributed by atoms with van der Waals surface area (Å²) in [7, 11) is 0. The molecule has 0 saturated heterocycles. The van der Waals surface area contributed by atoms with E-state index in [4.69, 9.17) is 5.73 Å². The molecule has 78 valence electrons. The molecular formula is C11H16FNO. The molecule has 0 bridgehead atoms. The van der Waals surface area contributed by atoms with Gasteiger partial charge in [-0.3, -0.25) is 0 Å². The standard InChI is InChI=1S/C11H16FNO/c1-3-10(14)11(13)8-5-4-7(2)9(12)6-8/h4-6,10-11,14H,3,13H2,1-2H3/t10-,11+/m1/s1. The summed E-state index contributed by atoms with van der Waals surface area (Å²) < 4.78 is 13.2. The quantitative estimate of drug-likeness (QED) is 0.777. The molecule has 2 atom stereocenters. The van der Waals surface area contributed by atoms with Gasteiger partial charge in [0, 0.05) is 0 Å². The van der Waals surface area contributed by atoms with E-state index in [0.717, 1.165) is 0 Å². The molecule has 14 heavy (non-hydrogen) atoms. The number of hydrogen-bond acceptors (Lipinski definition) is 2. The van der Waals surface area contributed by atoms with E-state index in [9.17, 15) is 9.50 Å². The summed E-state index contributed by atoms with van der Waals surface area (Å²) in [5.74, 6) is -0.277. The van der Waals surface area contributed by atoms with Gasteiger partial charge < -0.3 is 10.8 Å². The van der Waals surface area contributed by atoms with Crippen molar-refractivity contribution in [2.24, 2.45) is 5.73 Å². The highest BCUT2D eigenvalue weighted by Gasteiger charge is 2.15. The van der Waals surface area contributed by atoms with Crippen molar-refractivity contribution in [1.29, 1.82) is 0 Å². The highest BCUT2D eigenvalue weighted by molar-refractivity contribution is 5.26. The lowest BCUT2D eigenvalue weighted by Crippen LogP contribution is -2.25. The van der Waals surface area contributed by atoms with Gasteiger partial charge in [0.2, 0.25) is 0 Å². The van der Waals surface area contributed by atoms with Gasteiger partial charge in [-0.1, -0.05) is 19.1 Å². The second-order valence-corrected chi connectivity index (χ2v) is 3.51. The average Bonchev–Trinajstić information content (AvgIpc) is 2.20. The summed E-state index contributed by atoms with van der Waals surface area (Å²) in [6.45, 7) is 3.54. The zero-order valence-electron chi connectivity index (χ0n) is 8.50. The zero-order chi connectivity index (χ0) is 10.7. The minimum atomic E-state index is -0.614. The molecule has 3 heteroatoms. The van der Waals surface area contributed by atoms with Crippen LogP contribution in [0.15, 0.2) is 18.2 Å². The Bertz CT molecular complexity index is 314. The first-order valence-electron chi connectivity index (χ1n) is 4.76. The molecule has 0 fully saturated rings. The second kappa shape index (κ2) is 4.53. The average molecular weight is 197 g/mol. The van der Waals surface area contributed by atoms with Gasteiger partial charge in [0.05, 0.1) is 12.1 Å². The lowest BCUT2D eigenvalue weighted by molar-refractivity contribution is 0.140. The molecule has 0 aliphatic carbocycles. The maximum atomic E-state index is 13.2. The molecule has 0 saturated carbocycles.